The van der Waals surface area contributed by atoms with Crippen molar-refractivity contribution in [1.29, 1.82) is 0 Å². The number of methoxy groups -OCH3 is 1. The first kappa shape index (κ1) is 14.7. The van der Waals surface area contributed by atoms with Gasteiger partial charge in [-0.3, -0.25) is 4.79 Å². The van der Waals surface area contributed by atoms with Crippen LogP contribution in [0.15, 0.2) is 35.3 Å². The maximum absolute atomic E-state index is 11.9. The normalized spacial score (nSPS) is 11.4. The second kappa shape index (κ2) is 5.33. The first-order chi connectivity index (χ1) is 9.32. The highest BCUT2D eigenvalue weighted by Gasteiger charge is 2.20. The van der Waals surface area contributed by atoms with Gasteiger partial charge in [0.05, 0.1) is 12.1 Å². The topological polar surface area (TPSA) is 42.1 Å². The van der Waals surface area contributed by atoms with Gasteiger partial charge in [-0.2, -0.15) is 0 Å². The Morgan fingerprint density at radius 1 is 1.20 bits per heavy atom. The number of rotatable bonds is 2. The highest BCUT2D eigenvalue weighted by Crippen LogP contribution is 2.34. The Labute approximate surface area is 123 Å². The van der Waals surface area contributed by atoms with Crippen LogP contribution in [0.3, 0.4) is 0 Å². The van der Waals surface area contributed by atoms with Gasteiger partial charge in [-0.15, -0.1) is 0 Å². The van der Waals surface area contributed by atoms with Gasteiger partial charge in [0.15, 0.2) is 0 Å². The third kappa shape index (κ3) is 2.88. The van der Waals surface area contributed by atoms with E-state index in [0.29, 0.717) is 10.6 Å². The van der Waals surface area contributed by atoms with Gasteiger partial charge in [0.25, 0.3) is 5.56 Å². The maximum Gasteiger partial charge on any atom is 0.255 e. The van der Waals surface area contributed by atoms with E-state index >= 15 is 0 Å². The number of ether oxygens (including phenoxy) is 1. The van der Waals surface area contributed by atoms with Gasteiger partial charge in [-0.25, -0.2) is 0 Å². The number of nitrogens with one attached hydrogen (secondary N) is 1. The van der Waals surface area contributed by atoms with E-state index < -0.39 is 0 Å². The highest BCUT2D eigenvalue weighted by molar-refractivity contribution is 6.30. The Bertz CT molecular complexity index is 684. The van der Waals surface area contributed by atoms with Gasteiger partial charge < -0.3 is 9.72 Å². The minimum atomic E-state index is -0.153. The summed E-state index contributed by atoms with van der Waals surface area (Å²) in [6.45, 7) is 6.32. The molecule has 2 aromatic rings. The average Bonchev–Trinajstić information content (AvgIpc) is 2.40. The molecule has 0 bridgehead atoms. The number of hydrogen-bond acceptors (Lipinski definition) is 2. The molecule has 20 heavy (non-hydrogen) atoms. The molecule has 0 saturated heterocycles. The molecule has 1 N–H and O–H groups in total. The van der Waals surface area contributed by atoms with E-state index in [0.717, 1.165) is 16.9 Å². The van der Waals surface area contributed by atoms with E-state index in [2.05, 4.69) is 25.8 Å². The summed E-state index contributed by atoms with van der Waals surface area (Å²) in [5, 5.41) is 0.507. The number of pyridine rings is 1. The van der Waals surface area contributed by atoms with E-state index in [1.54, 1.807) is 13.2 Å². The summed E-state index contributed by atoms with van der Waals surface area (Å²) in [4.78, 5) is 14.6. The molecule has 1 aromatic carbocycles. The number of benzene rings is 1. The fraction of sp³-hybridized carbons (Fsp3) is 0.312. The molecule has 0 fully saturated rings. The second-order valence-electron chi connectivity index (χ2n) is 5.73. The number of halogens is 1. The smallest absolute Gasteiger partial charge is 0.255 e. The zero-order valence-corrected chi connectivity index (χ0v) is 12.8. The van der Waals surface area contributed by atoms with Crippen molar-refractivity contribution in [2.75, 3.05) is 7.11 Å². The standard InChI is InChI=1S/C16H18ClNO2/c1-16(2,3)13-7-10(5-6-14(13)20-4)12-8-11(17)9-18-15(12)19/h5-9H,1-4H3,(H,18,19). The number of hydrogen-bond donors (Lipinski definition) is 1. The van der Waals surface area contributed by atoms with Crippen LogP contribution in [0.4, 0.5) is 0 Å². The van der Waals surface area contributed by atoms with Crippen molar-refractivity contribution < 1.29 is 4.74 Å². The predicted molar refractivity (Wildman–Crippen MR) is 82.8 cm³/mol. The van der Waals surface area contributed by atoms with E-state index in [1.165, 1.54) is 6.20 Å². The largest absolute Gasteiger partial charge is 0.496 e. The molecule has 0 atom stereocenters. The lowest BCUT2D eigenvalue weighted by molar-refractivity contribution is 0.397. The Kier molecular flexibility index (Phi) is 3.91. The number of aromatic nitrogens is 1. The fourth-order valence-electron chi connectivity index (χ4n) is 2.13. The first-order valence-corrected chi connectivity index (χ1v) is 6.78. The minimum absolute atomic E-state index is 0.0767. The Balaban J connectivity index is 2.65. The summed E-state index contributed by atoms with van der Waals surface area (Å²) in [7, 11) is 1.65. The molecule has 0 aliphatic heterocycles. The molecule has 0 radical (unpaired) electrons. The number of H-pyrrole nitrogens is 1. The molecule has 1 heterocycles. The summed E-state index contributed by atoms with van der Waals surface area (Å²) < 4.78 is 5.40. The van der Waals surface area contributed by atoms with Crippen LogP contribution in [0.25, 0.3) is 11.1 Å². The molecule has 3 nitrogen and oxygen atoms in total. The Morgan fingerprint density at radius 2 is 1.90 bits per heavy atom. The molecule has 0 spiro atoms. The van der Waals surface area contributed by atoms with Crippen molar-refractivity contribution in [2.45, 2.75) is 26.2 Å². The maximum atomic E-state index is 11.9. The Hall–Kier alpha value is -1.74. The summed E-state index contributed by atoms with van der Waals surface area (Å²) in [5.41, 5.74) is 2.22. The van der Waals surface area contributed by atoms with Crippen LogP contribution in [0, 0.1) is 0 Å². The summed E-state index contributed by atoms with van der Waals surface area (Å²) in [5.74, 6) is 0.819. The van der Waals surface area contributed by atoms with E-state index in [4.69, 9.17) is 16.3 Å². The van der Waals surface area contributed by atoms with Gasteiger partial charge in [0.1, 0.15) is 5.75 Å². The molecular formula is C16H18ClNO2. The molecule has 0 amide bonds. The van der Waals surface area contributed by atoms with Gasteiger partial charge in [-0.1, -0.05) is 38.4 Å². The van der Waals surface area contributed by atoms with Gasteiger partial charge in [0.2, 0.25) is 0 Å². The van der Waals surface area contributed by atoms with Crippen molar-refractivity contribution in [1.82, 2.24) is 4.98 Å². The van der Waals surface area contributed by atoms with Crippen LogP contribution >= 0.6 is 11.6 Å². The van der Waals surface area contributed by atoms with Crippen molar-refractivity contribution in [3.8, 4) is 16.9 Å². The Morgan fingerprint density at radius 3 is 2.50 bits per heavy atom. The van der Waals surface area contributed by atoms with E-state index in [-0.39, 0.29) is 11.0 Å². The van der Waals surface area contributed by atoms with Crippen LogP contribution in [0.2, 0.25) is 5.02 Å². The van der Waals surface area contributed by atoms with E-state index in [9.17, 15) is 4.79 Å². The molecule has 106 valence electrons. The molecule has 0 aliphatic carbocycles. The minimum Gasteiger partial charge on any atom is -0.496 e. The molecule has 2 rings (SSSR count). The van der Waals surface area contributed by atoms with Gasteiger partial charge in [-0.05, 0) is 29.2 Å². The van der Waals surface area contributed by atoms with Crippen LogP contribution in [-0.2, 0) is 5.41 Å². The van der Waals surface area contributed by atoms with Crippen molar-refractivity contribution in [2.24, 2.45) is 0 Å². The van der Waals surface area contributed by atoms with Crippen molar-refractivity contribution >= 4 is 11.6 Å². The molecule has 0 aliphatic rings. The summed E-state index contributed by atoms with van der Waals surface area (Å²) in [6.07, 6.45) is 1.49. The fourth-order valence-corrected chi connectivity index (χ4v) is 2.30. The molecule has 0 unspecified atom stereocenters. The van der Waals surface area contributed by atoms with Crippen LogP contribution < -0.4 is 10.3 Å². The number of aromatic amines is 1. The van der Waals surface area contributed by atoms with Crippen LogP contribution in [0.1, 0.15) is 26.3 Å². The third-order valence-corrected chi connectivity index (χ3v) is 3.40. The summed E-state index contributed by atoms with van der Waals surface area (Å²) >= 11 is 5.96. The second-order valence-corrected chi connectivity index (χ2v) is 6.16. The molecular weight excluding hydrogens is 274 g/mol. The van der Waals surface area contributed by atoms with Gasteiger partial charge >= 0.3 is 0 Å². The van der Waals surface area contributed by atoms with Crippen LogP contribution in [0.5, 0.6) is 5.75 Å². The third-order valence-electron chi connectivity index (χ3n) is 3.19. The zero-order valence-electron chi connectivity index (χ0n) is 12.1. The SMILES string of the molecule is COc1ccc(-c2cc(Cl)c[nH]c2=O)cc1C(C)(C)C. The monoisotopic (exact) mass is 291 g/mol. The zero-order chi connectivity index (χ0) is 14.9. The highest BCUT2D eigenvalue weighted by atomic mass is 35.5. The van der Waals surface area contributed by atoms with Crippen molar-refractivity contribution in [3.05, 3.63) is 51.4 Å². The predicted octanol–water partition coefficient (Wildman–Crippen LogP) is 4.00. The lowest BCUT2D eigenvalue weighted by atomic mass is 9.84. The molecule has 0 saturated carbocycles. The molecule has 1 aromatic heterocycles. The van der Waals surface area contributed by atoms with Crippen LogP contribution in [-0.4, -0.2) is 12.1 Å². The first-order valence-electron chi connectivity index (χ1n) is 6.40. The average molecular weight is 292 g/mol. The quantitative estimate of drug-likeness (QED) is 0.908. The van der Waals surface area contributed by atoms with Crippen molar-refractivity contribution in [3.63, 3.8) is 0 Å². The lowest BCUT2D eigenvalue weighted by Crippen LogP contribution is -2.14. The molecule has 4 heteroatoms. The summed E-state index contributed by atoms with van der Waals surface area (Å²) in [6, 6.07) is 7.42. The van der Waals surface area contributed by atoms with Gasteiger partial charge in [0, 0.05) is 17.3 Å². The lowest BCUT2D eigenvalue weighted by Gasteiger charge is -2.22. The van der Waals surface area contributed by atoms with E-state index in [1.807, 2.05) is 18.2 Å².